The van der Waals surface area contributed by atoms with Gasteiger partial charge in [0.05, 0.1) is 6.61 Å². The zero-order valence-corrected chi connectivity index (χ0v) is 24.4. The van der Waals surface area contributed by atoms with Crippen molar-refractivity contribution in [1.82, 2.24) is 9.55 Å². The van der Waals surface area contributed by atoms with Gasteiger partial charge in [0.15, 0.2) is 6.23 Å². The van der Waals surface area contributed by atoms with Gasteiger partial charge in [-0.15, -0.1) is 12.4 Å². The van der Waals surface area contributed by atoms with E-state index in [9.17, 15) is 15.0 Å². The minimum absolute atomic E-state index is 0. The van der Waals surface area contributed by atoms with E-state index in [4.69, 9.17) is 15.2 Å². The lowest BCUT2D eigenvalue weighted by Gasteiger charge is -2.16. The molecule has 1 aliphatic rings. The van der Waals surface area contributed by atoms with Gasteiger partial charge >= 0.3 is 5.69 Å². The minimum Gasteiger partial charge on any atom is -0.387 e. The second-order valence-electron chi connectivity index (χ2n) is 10.7. The molecule has 0 amide bonds. The number of nitrogen functional groups attached to an aromatic ring is 1. The molecule has 0 spiro atoms. The molecule has 0 radical (unpaired) electrons. The van der Waals surface area contributed by atoms with Gasteiger partial charge in [0.2, 0.25) is 0 Å². The Bertz CT molecular complexity index is 766. The maximum atomic E-state index is 12.0. The van der Waals surface area contributed by atoms with E-state index in [0.29, 0.717) is 6.61 Å². The largest absolute Gasteiger partial charge is 0.387 e. The number of aliphatic hydroxyl groups is 2. The summed E-state index contributed by atoms with van der Waals surface area (Å²) < 4.78 is 12.5. The van der Waals surface area contributed by atoms with E-state index < -0.39 is 30.2 Å². The van der Waals surface area contributed by atoms with E-state index in [0.717, 1.165) is 17.4 Å². The molecular formula is C29H54ClN3O5. The Morgan fingerprint density at radius 1 is 0.842 bits per heavy atom. The molecule has 38 heavy (non-hydrogen) atoms. The lowest BCUT2D eigenvalue weighted by Crippen LogP contribution is -2.36. The summed E-state index contributed by atoms with van der Waals surface area (Å²) in [4.78, 5) is 15.6. The SMILES string of the molecule is CCCCCCCCCCCCCCCCCCCCOC[C@H]1O[C@@H](n2ccc(N)nc2=O)[C@@H](O)[C@@H]1O.Cl. The highest BCUT2D eigenvalue weighted by Crippen LogP contribution is 2.28. The van der Waals surface area contributed by atoms with Crippen LogP contribution in [0, 0.1) is 0 Å². The summed E-state index contributed by atoms with van der Waals surface area (Å²) in [5, 5.41) is 20.6. The molecule has 1 aromatic heterocycles. The minimum atomic E-state index is -1.23. The van der Waals surface area contributed by atoms with Crippen molar-refractivity contribution >= 4 is 18.2 Å². The number of hydrogen-bond acceptors (Lipinski definition) is 7. The molecule has 2 heterocycles. The van der Waals surface area contributed by atoms with Crippen LogP contribution >= 0.6 is 12.4 Å². The zero-order valence-electron chi connectivity index (χ0n) is 23.6. The second kappa shape index (κ2) is 21.6. The molecule has 1 aromatic rings. The van der Waals surface area contributed by atoms with Crippen LogP contribution in [0.3, 0.4) is 0 Å². The molecule has 2 rings (SSSR count). The number of aliphatic hydroxyl groups excluding tert-OH is 2. The Labute approximate surface area is 236 Å². The van der Waals surface area contributed by atoms with Gasteiger partial charge in [-0.25, -0.2) is 4.79 Å². The number of unbranched alkanes of at least 4 members (excludes halogenated alkanes) is 17. The standard InChI is InChI=1S/C29H53N3O5.ClH/c1-2-3-4-5-6-7-8-9-10-11-12-13-14-15-16-17-18-19-22-36-23-24-26(33)27(34)28(37-24)32-21-20-25(30)31-29(32)35;/h20-21,24,26-28,33-34H,2-19,22-23H2,1H3,(H2,30,31,35);1H/t24-,26-,27+,28-;/m1./s1. The molecule has 0 aliphatic carbocycles. The molecule has 9 heteroatoms. The highest BCUT2D eigenvalue weighted by molar-refractivity contribution is 5.85. The summed E-state index contributed by atoms with van der Waals surface area (Å²) in [6.07, 6.45) is 21.5. The van der Waals surface area contributed by atoms with E-state index in [-0.39, 0.29) is 24.8 Å². The smallest absolute Gasteiger partial charge is 0.351 e. The normalized spacial score (nSPS) is 21.0. The Hall–Kier alpha value is -1.19. The van der Waals surface area contributed by atoms with Crippen LogP contribution in [0.2, 0.25) is 0 Å². The van der Waals surface area contributed by atoms with Crippen LogP contribution in [0.15, 0.2) is 17.1 Å². The van der Waals surface area contributed by atoms with Crippen LogP contribution in [0.5, 0.6) is 0 Å². The lowest BCUT2D eigenvalue weighted by atomic mass is 10.0. The molecule has 0 unspecified atom stereocenters. The van der Waals surface area contributed by atoms with E-state index in [1.54, 1.807) is 0 Å². The van der Waals surface area contributed by atoms with Crippen molar-refractivity contribution in [3.63, 3.8) is 0 Å². The number of hydrogen-bond donors (Lipinski definition) is 3. The van der Waals surface area contributed by atoms with E-state index in [2.05, 4.69) is 11.9 Å². The van der Waals surface area contributed by atoms with Gasteiger partial charge in [-0.3, -0.25) is 4.57 Å². The average molecular weight is 560 g/mol. The number of halogens is 1. The Kier molecular flexibility index (Phi) is 19.8. The molecule has 1 aliphatic heterocycles. The van der Waals surface area contributed by atoms with E-state index in [1.807, 2.05) is 0 Å². The van der Waals surface area contributed by atoms with Gasteiger partial charge in [0.25, 0.3) is 0 Å². The third-order valence-corrected chi connectivity index (χ3v) is 7.39. The summed E-state index contributed by atoms with van der Waals surface area (Å²) in [5.41, 5.74) is 4.88. The van der Waals surface area contributed by atoms with Crippen molar-refractivity contribution in [2.75, 3.05) is 18.9 Å². The third kappa shape index (κ3) is 13.7. The average Bonchev–Trinajstić information content (AvgIpc) is 3.16. The molecule has 222 valence electrons. The van der Waals surface area contributed by atoms with E-state index in [1.165, 1.54) is 115 Å². The van der Waals surface area contributed by atoms with Crippen LogP contribution in [0.1, 0.15) is 129 Å². The van der Waals surface area contributed by atoms with Gasteiger partial charge in [-0.2, -0.15) is 4.98 Å². The van der Waals surface area contributed by atoms with Crippen LogP contribution in [-0.2, 0) is 9.47 Å². The molecule has 1 fully saturated rings. The first-order valence-electron chi connectivity index (χ1n) is 15.0. The van der Waals surface area contributed by atoms with Crippen molar-refractivity contribution in [2.24, 2.45) is 0 Å². The summed E-state index contributed by atoms with van der Waals surface area (Å²) in [6.45, 7) is 3.04. The number of nitrogens with zero attached hydrogens (tertiary/aromatic N) is 2. The van der Waals surface area contributed by atoms with Gasteiger partial charge < -0.3 is 25.4 Å². The maximum absolute atomic E-state index is 12.0. The van der Waals surface area contributed by atoms with Crippen molar-refractivity contribution in [3.8, 4) is 0 Å². The highest BCUT2D eigenvalue weighted by Gasteiger charge is 2.44. The number of ether oxygens (including phenoxy) is 2. The number of aromatic nitrogens is 2. The predicted molar refractivity (Wildman–Crippen MR) is 156 cm³/mol. The third-order valence-electron chi connectivity index (χ3n) is 7.39. The molecule has 0 saturated carbocycles. The lowest BCUT2D eigenvalue weighted by molar-refractivity contribution is -0.0686. The van der Waals surface area contributed by atoms with Crippen LogP contribution in [0.4, 0.5) is 5.82 Å². The van der Waals surface area contributed by atoms with Crippen molar-refractivity contribution in [1.29, 1.82) is 0 Å². The van der Waals surface area contributed by atoms with Crippen LogP contribution in [-0.4, -0.2) is 51.3 Å². The molecule has 0 aromatic carbocycles. The highest BCUT2D eigenvalue weighted by atomic mass is 35.5. The maximum Gasteiger partial charge on any atom is 0.351 e. The van der Waals surface area contributed by atoms with Crippen molar-refractivity contribution < 1.29 is 19.7 Å². The van der Waals surface area contributed by atoms with Gasteiger partial charge in [0, 0.05) is 12.8 Å². The fourth-order valence-electron chi connectivity index (χ4n) is 5.02. The first-order chi connectivity index (χ1) is 18.0. The first kappa shape index (κ1) is 34.8. The van der Waals surface area contributed by atoms with Crippen LogP contribution in [0.25, 0.3) is 0 Å². The summed E-state index contributed by atoms with van der Waals surface area (Å²) in [6, 6.07) is 1.45. The molecule has 4 N–H and O–H groups in total. The molecule has 8 nitrogen and oxygen atoms in total. The summed E-state index contributed by atoms with van der Waals surface area (Å²) in [5.74, 6) is 0.0958. The summed E-state index contributed by atoms with van der Waals surface area (Å²) in [7, 11) is 0. The Morgan fingerprint density at radius 3 is 1.79 bits per heavy atom. The number of rotatable bonds is 22. The number of nitrogens with two attached hydrogens (primary N) is 1. The molecule has 0 bridgehead atoms. The first-order valence-corrected chi connectivity index (χ1v) is 15.0. The zero-order chi connectivity index (χ0) is 26.7. The van der Waals surface area contributed by atoms with Gasteiger partial charge in [-0.1, -0.05) is 116 Å². The Morgan fingerprint density at radius 2 is 1.32 bits per heavy atom. The predicted octanol–water partition coefficient (Wildman–Crippen LogP) is 5.92. The Balaban J connectivity index is 0.00000722. The molecule has 4 atom stereocenters. The molecule has 1 saturated heterocycles. The van der Waals surface area contributed by atoms with Crippen molar-refractivity contribution in [3.05, 3.63) is 22.7 Å². The fourth-order valence-corrected chi connectivity index (χ4v) is 5.02. The summed E-state index contributed by atoms with van der Waals surface area (Å²) >= 11 is 0. The second-order valence-corrected chi connectivity index (χ2v) is 10.7. The fraction of sp³-hybridized carbons (Fsp3) is 0.862. The van der Waals surface area contributed by atoms with Gasteiger partial charge in [-0.05, 0) is 12.5 Å². The van der Waals surface area contributed by atoms with E-state index >= 15 is 0 Å². The quantitative estimate of drug-likeness (QED) is 0.151. The number of anilines is 1. The topological polar surface area (TPSA) is 120 Å². The van der Waals surface area contributed by atoms with Crippen molar-refractivity contribution in [2.45, 2.75) is 147 Å². The van der Waals surface area contributed by atoms with Crippen LogP contribution < -0.4 is 11.4 Å². The molecular weight excluding hydrogens is 506 g/mol. The van der Waals surface area contributed by atoms with Gasteiger partial charge in [0.1, 0.15) is 24.1 Å². The monoisotopic (exact) mass is 559 g/mol.